The molecule has 0 bridgehead atoms. The highest BCUT2D eigenvalue weighted by molar-refractivity contribution is 7.90. The van der Waals surface area contributed by atoms with Crippen molar-refractivity contribution >= 4 is 38.7 Å². The van der Waals surface area contributed by atoms with Crippen molar-refractivity contribution in [3.63, 3.8) is 0 Å². The maximum atomic E-state index is 12.1. The molecule has 0 aliphatic carbocycles. The topological polar surface area (TPSA) is 172 Å². The molecule has 3 aromatic heterocycles. The molecule has 0 unspecified atom stereocenters. The summed E-state index contributed by atoms with van der Waals surface area (Å²) in [5, 5.41) is 28.4. The summed E-state index contributed by atoms with van der Waals surface area (Å²) in [4.78, 5) is 12.0. The number of benzene rings is 1. The van der Waals surface area contributed by atoms with Gasteiger partial charge in [-0.3, -0.25) is 0 Å². The van der Waals surface area contributed by atoms with E-state index in [1.807, 2.05) is 6.07 Å². The van der Waals surface area contributed by atoms with Crippen LogP contribution in [0.15, 0.2) is 47.8 Å². The molecule has 1 aromatic carbocycles. The molecular formula is C20H17ClN8O3S. The Morgan fingerprint density at radius 3 is 2.73 bits per heavy atom. The van der Waals surface area contributed by atoms with E-state index < -0.39 is 15.6 Å². The predicted octanol–water partition coefficient (Wildman–Crippen LogP) is 1.97. The van der Waals surface area contributed by atoms with Gasteiger partial charge in [0.1, 0.15) is 23.8 Å². The predicted molar refractivity (Wildman–Crippen MR) is 121 cm³/mol. The number of hydrogen-bond donors (Lipinski definition) is 3. The smallest absolute Gasteiger partial charge is 0.175 e. The number of aromatic nitrogens is 5. The van der Waals surface area contributed by atoms with Crippen LogP contribution in [-0.2, 0) is 15.6 Å². The summed E-state index contributed by atoms with van der Waals surface area (Å²) in [6.07, 6.45) is 3.64. The van der Waals surface area contributed by atoms with Crippen LogP contribution in [0.25, 0.3) is 16.9 Å². The van der Waals surface area contributed by atoms with E-state index in [0.717, 1.165) is 12.6 Å². The first-order chi connectivity index (χ1) is 15.5. The Hall–Kier alpha value is -3.79. The molecule has 0 saturated heterocycles. The Bertz CT molecular complexity index is 1540. The Kier molecular flexibility index (Phi) is 5.41. The van der Waals surface area contributed by atoms with Gasteiger partial charge < -0.3 is 16.2 Å². The minimum Gasteiger partial charge on any atom is -0.382 e. The maximum Gasteiger partial charge on any atom is 0.175 e. The number of nitrogen functional groups attached to an aromatic ring is 1. The second-order valence-corrected chi connectivity index (χ2v) is 9.75. The third-order valence-corrected chi connectivity index (χ3v) is 6.23. The van der Waals surface area contributed by atoms with Crippen molar-refractivity contribution in [1.29, 1.82) is 5.26 Å². The molecule has 0 amide bonds. The van der Waals surface area contributed by atoms with Gasteiger partial charge in [0.25, 0.3) is 0 Å². The lowest BCUT2D eigenvalue weighted by Crippen LogP contribution is -2.33. The first-order valence-corrected chi connectivity index (χ1v) is 11.6. The van der Waals surface area contributed by atoms with Crippen molar-refractivity contribution in [3.05, 3.63) is 59.1 Å². The number of imidazole rings is 1. The van der Waals surface area contributed by atoms with Crippen LogP contribution in [0.1, 0.15) is 18.1 Å². The van der Waals surface area contributed by atoms with Gasteiger partial charge in [-0.1, -0.05) is 23.7 Å². The summed E-state index contributed by atoms with van der Waals surface area (Å²) in [7, 11) is -3.50. The highest BCUT2D eigenvalue weighted by atomic mass is 35.5. The fraction of sp³-hybridized carbons (Fsp3) is 0.150. The van der Waals surface area contributed by atoms with Gasteiger partial charge in [0, 0.05) is 17.4 Å². The van der Waals surface area contributed by atoms with E-state index in [2.05, 4.69) is 25.4 Å². The van der Waals surface area contributed by atoms with E-state index in [0.29, 0.717) is 11.2 Å². The Morgan fingerprint density at radius 1 is 1.27 bits per heavy atom. The number of hydrogen-bond acceptors (Lipinski definition) is 10. The van der Waals surface area contributed by atoms with E-state index in [4.69, 9.17) is 17.3 Å². The summed E-state index contributed by atoms with van der Waals surface area (Å²) in [5.41, 5.74) is 5.05. The van der Waals surface area contributed by atoms with Crippen LogP contribution in [0.2, 0.25) is 5.15 Å². The molecule has 4 N–H and O–H groups in total. The van der Waals surface area contributed by atoms with Crippen LogP contribution < -0.4 is 11.1 Å². The highest BCUT2D eigenvalue weighted by Gasteiger charge is 2.31. The fourth-order valence-corrected chi connectivity index (χ4v) is 4.09. The van der Waals surface area contributed by atoms with Crippen LogP contribution in [0.3, 0.4) is 0 Å². The summed E-state index contributed by atoms with van der Waals surface area (Å²) < 4.78 is 25.5. The van der Waals surface area contributed by atoms with E-state index in [-0.39, 0.29) is 38.5 Å². The first-order valence-electron chi connectivity index (χ1n) is 9.37. The molecule has 3 heterocycles. The van der Waals surface area contributed by atoms with Crippen molar-refractivity contribution in [2.45, 2.75) is 17.5 Å². The lowest BCUT2D eigenvalue weighted by Gasteiger charge is -2.28. The number of nitriles is 1. The van der Waals surface area contributed by atoms with Gasteiger partial charge in [-0.15, -0.1) is 0 Å². The molecular weight excluding hydrogens is 468 g/mol. The van der Waals surface area contributed by atoms with Crippen LogP contribution in [0.4, 0.5) is 11.6 Å². The normalized spacial score (nSPS) is 13.4. The summed E-state index contributed by atoms with van der Waals surface area (Å²) in [6, 6.07) is 9.57. The standard InChI is InChI=1S/C20H17ClN8O3S/c1-20(30,27-19-13(8-22)18(23)25-10-26-19)14-7-16-24-9-15(21)29(16)28-17(14)11-4-3-5-12(6-11)33(2,31)32/h3-7,9-10,30H,1-2H3,(H3,23,25,26,27)/t20-/m1/s1. The minimum atomic E-state index is -3.50. The number of nitrogens with zero attached hydrogens (tertiary/aromatic N) is 6. The van der Waals surface area contributed by atoms with Crippen LogP contribution in [-0.4, -0.2) is 44.3 Å². The molecule has 0 fully saturated rings. The van der Waals surface area contributed by atoms with Gasteiger partial charge in [-0.25, -0.2) is 27.9 Å². The SMILES string of the molecule is C[C@](O)(Nc1ncnc(N)c1C#N)c1cc2ncc(Cl)n2nc1-c1cccc(S(C)(=O)=O)c1. The third kappa shape index (κ3) is 4.17. The lowest BCUT2D eigenvalue weighted by atomic mass is 9.98. The number of nitrogens with one attached hydrogen (secondary N) is 1. The average molecular weight is 485 g/mol. The van der Waals surface area contributed by atoms with Gasteiger partial charge in [-0.05, 0) is 25.1 Å². The summed E-state index contributed by atoms with van der Waals surface area (Å²) >= 11 is 6.19. The second kappa shape index (κ2) is 7.96. The zero-order chi connectivity index (χ0) is 24.0. The largest absolute Gasteiger partial charge is 0.382 e. The van der Waals surface area contributed by atoms with E-state index >= 15 is 0 Å². The average Bonchev–Trinajstić information content (AvgIpc) is 3.12. The highest BCUT2D eigenvalue weighted by Crippen LogP contribution is 2.34. The molecule has 4 rings (SSSR count). The lowest BCUT2D eigenvalue weighted by molar-refractivity contribution is 0.0885. The van der Waals surface area contributed by atoms with Crippen molar-refractivity contribution in [1.82, 2.24) is 24.6 Å². The van der Waals surface area contributed by atoms with Gasteiger partial charge in [0.05, 0.1) is 16.8 Å². The molecule has 168 valence electrons. The van der Waals surface area contributed by atoms with Gasteiger partial charge >= 0.3 is 0 Å². The van der Waals surface area contributed by atoms with Gasteiger partial charge in [0.15, 0.2) is 32.2 Å². The van der Waals surface area contributed by atoms with E-state index in [9.17, 15) is 18.8 Å². The number of aliphatic hydroxyl groups is 1. The Labute approximate surface area is 193 Å². The van der Waals surface area contributed by atoms with Crippen molar-refractivity contribution in [2.24, 2.45) is 0 Å². The molecule has 13 heteroatoms. The maximum absolute atomic E-state index is 12.1. The van der Waals surface area contributed by atoms with Crippen molar-refractivity contribution < 1.29 is 13.5 Å². The monoisotopic (exact) mass is 484 g/mol. The molecule has 4 aromatic rings. The molecule has 11 nitrogen and oxygen atoms in total. The van der Waals surface area contributed by atoms with Crippen LogP contribution in [0.5, 0.6) is 0 Å². The summed E-state index contributed by atoms with van der Waals surface area (Å²) in [5.74, 6) is -0.0485. The third-order valence-electron chi connectivity index (χ3n) is 4.86. The second-order valence-electron chi connectivity index (χ2n) is 7.35. The minimum absolute atomic E-state index is 0.00656. The molecule has 0 spiro atoms. The quantitative estimate of drug-likeness (QED) is 0.355. The van der Waals surface area contributed by atoms with Gasteiger partial charge in [0.2, 0.25) is 0 Å². The number of sulfone groups is 1. The van der Waals surface area contributed by atoms with Crippen molar-refractivity contribution in [2.75, 3.05) is 17.3 Å². The van der Waals surface area contributed by atoms with E-state index in [1.54, 1.807) is 18.2 Å². The molecule has 0 radical (unpaired) electrons. The molecule has 0 saturated carbocycles. The van der Waals surface area contributed by atoms with Gasteiger partial charge in [-0.2, -0.15) is 10.4 Å². The zero-order valence-electron chi connectivity index (χ0n) is 17.4. The van der Waals surface area contributed by atoms with E-state index in [1.165, 1.54) is 29.8 Å². The zero-order valence-corrected chi connectivity index (χ0v) is 18.9. The van der Waals surface area contributed by atoms with Crippen LogP contribution >= 0.6 is 11.6 Å². The molecule has 0 aliphatic heterocycles. The number of anilines is 2. The molecule has 0 aliphatic rings. The van der Waals surface area contributed by atoms with Crippen LogP contribution in [0, 0.1) is 11.3 Å². The number of fused-ring (bicyclic) bond motifs is 1. The number of nitrogens with two attached hydrogens (primary N) is 1. The molecule has 33 heavy (non-hydrogen) atoms. The van der Waals surface area contributed by atoms with Crippen molar-refractivity contribution in [3.8, 4) is 17.3 Å². The Morgan fingerprint density at radius 2 is 2.03 bits per heavy atom. The fourth-order valence-electron chi connectivity index (χ4n) is 3.25. The molecule has 1 atom stereocenters. The number of rotatable bonds is 5. The first kappa shape index (κ1) is 22.4. The number of halogens is 1. The Balaban J connectivity index is 1.94. The summed E-state index contributed by atoms with van der Waals surface area (Å²) in [6.45, 7) is 1.43.